The third-order valence-corrected chi connectivity index (χ3v) is 4.01. The standard InChI is InChI=1S/C9H12ClN3OS2/c1-16(14)5-2-11-6-7-8(10)12-9-13(7)3-4-15-9/h3-4,11H,2,5-6H2,1H3. The second kappa shape index (κ2) is 5.27. The number of hydrogen-bond acceptors (Lipinski definition) is 4. The number of nitrogens with one attached hydrogen (secondary N) is 1. The summed E-state index contributed by atoms with van der Waals surface area (Å²) >= 11 is 7.58. The minimum absolute atomic E-state index is 0.539. The number of nitrogens with zero attached hydrogens (tertiary/aromatic N) is 2. The quantitative estimate of drug-likeness (QED) is 0.843. The summed E-state index contributed by atoms with van der Waals surface area (Å²) in [4.78, 5) is 5.14. The van der Waals surface area contributed by atoms with Crippen molar-refractivity contribution in [3.05, 3.63) is 22.4 Å². The first-order chi connectivity index (χ1) is 7.68. The molecule has 0 saturated carbocycles. The molecule has 2 aromatic heterocycles. The summed E-state index contributed by atoms with van der Waals surface area (Å²) < 4.78 is 12.8. The maximum Gasteiger partial charge on any atom is 0.195 e. The Kier molecular flexibility index (Phi) is 3.96. The van der Waals surface area contributed by atoms with E-state index in [1.807, 2.05) is 16.0 Å². The minimum Gasteiger partial charge on any atom is -0.310 e. The van der Waals surface area contributed by atoms with E-state index >= 15 is 0 Å². The molecule has 1 unspecified atom stereocenters. The highest BCUT2D eigenvalue weighted by atomic mass is 35.5. The van der Waals surface area contributed by atoms with E-state index in [1.54, 1.807) is 17.6 Å². The van der Waals surface area contributed by atoms with E-state index in [2.05, 4.69) is 10.3 Å². The molecule has 0 fully saturated rings. The first-order valence-corrected chi connectivity index (χ1v) is 7.77. The molecule has 4 nitrogen and oxygen atoms in total. The van der Waals surface area contributed by atoms with Crippen molar-refractivity contribution in [1.29, 1.82) is 0 Å². The van der Waals surface area contributed by atoms with Gasteiger partial charge in [-0.25, -0.2) is 4.98 Å². The molecule has 0 amide bonds. The van der Waals surface area contributed by atoms with Crippen LogP contribution in [0.3, 0.4) is 0 Å². The topological polar surface area (TPSA) is 46.4 Å². The number of fused-ring (bicyclic) bond motifs is 1. The molecule has 0 aliphatic carbocycles. The number of halogens is 1. The second-order valence-electron chi connectivity index (χ2n) is 3.36. The van der Waals surface area contributed by atoms with Crippen LogP contribution in [0.1, 0.15) is 5.69 Å². The van der Waals surface area contributed by atoms with E-state index in [-0.39, 0.29) is 0 Å². The molecule has 16 heavy (non-hydrogen) atoms. The molecule has 2 rings (SSSR count). The highest BCUT2D eigenvalue weighted by Gasteiger charge is 2.10. The molecule has 0 aromatic carbocycles. The lowest BCUT2D eigenvalue weighted by molar-refractivity contribution is 0.673. The maximum atomic E-state index is 10.9. The lowest BCUT2D eigenvalue weighted by Gasteiger charge is -2.02. The Labute approximate surface area is 105 Å². The van der Waals surface area contributed by atoms with Crippen molar-refractivity contribution in [3.63, 3.8) is 0 Å². The van der Waals surface area contributed by atoms with Crippen LogP contribution in [0.4, 0.5) is 0 Å². The highest BCUT2D eigenvalue weighted by Crippen LogP contribution is 2.20. The van der Waals surface area contributed by atoms with Crippen LogP contribution >= 0.6 is 22.9 Å². The van der Waals surface area contributed by atoms with Gasteiger partial charge in [-0.2, -0.15) is 0 Å². The van der Waals surface area contributed by atoms with Gasteiger partial charge in [0.25, 0.3) is 0 Å². The molecule has 0 aliphatic heterocycles. The number of thiazole rings is 1. The van der Waals surface area contributed by atoms with Crippen molar-refractivity contribution in [1.82, 2.24) is 14.7 Å². The third-order valence-electron chi connectivity index (χ3n) is 2.17. The Bertz CT molecular complexity index is 508. The van der Waals surface area contributed by atoms with Gasteiger partial charge >= 0.3 is 0 Å². The van der Waals surface area contributed by atoms with Crippen LogP contribution in [0.25, 0.3) is 4.96 Å². The van der Waals surface area contributed by atoms with Gasteiger partial charge in [0.05, 0.1) is 5.69 Å². The summed E-state index contributed by atoms with van der Waals surface area (Å²) in [5.41, 5.74) is 0.958. The minimum atomic E-state index is -0.754. The lowest BCUT2D eigenvalue weighted by atomic mass is 10.4. The first-order valence-electron chi connectivity index (χ1n) is 4.79. The number of hydrogen-bond donors (Lipinski definition) is 1. The van der Waals surface area contributed by atoms with E-state index < -0.39 is 10.8 Å². The van der Waals surface area contributed by atoms with Crippen molar-refractivity contribution in [2.45, 2.75) is 6.54 Å². The first kappa shape index (κ1) is 12.0. The molecule has 0 saturated heterocycles. The maximum absolute atomic E-state index is 10.9. The van der Waals surface area contributed by atoms with Crippen LogP contribution in [0.15, 0.2) is 11.6 Å². The van der Waals surface area contributed by atoms with E-state index in [0.717, 1.165) is 17.2 Å². The molecule has 2 aromatic rings. The molecular formula is C9H12ClN3OS2. The number of rotatable bonds is 5. The largest absolute Gasteiger partial charge is 0.310 e. The van der Waals surface area contributed by atoms with Gasteiger partial charge in [-0.15, -0.1) is 11.3 Å². The van der Waals surface area contributed by atoms with Crippen LogP contribution < -0.4 is 5.32 Å². The fourth-order valence-corrected chi connectivity index (χ4v) is 2.84. The van der Waals surface area contributed by atoms with Gasteiger partial charge in [0.2, 0.25) is 0 Å². The summed E-state index contributed by atoms with van der Waals surface area (Å²) in [5.74, 6) is 0.656. The van der Waals surface area contributed by atoms with Crippen LogP contribution in [0, 0.1) is 0 Å². The second-order valence-corrected chi connectivity index (χ2v) is 6.14. The molecule has 0 aliphatic rings. The van der Waals surface area contributed by atoms with Gasteiger partial charge in [-0.3, -0.25) is 8.61 Å². The molecule has 1 N–H and O–H groups in total. The summed E-state index contributed by atoms with van der Waals surface area (Å²) in [5, 5.41) is 5.72. The van der Waals surface area contributed by atoms with Gasteiger partial charge < -0.3 is 5.32 Å². The van der Waals surface area contributed by atoms with Crippen molar-refractivity contribution < 1.29 is 4.21 Å². The predicted molar refractivity (Wildman–Crippen MR) is 68.7 cm³/mol. The molecular weight excluding hydrogens is 266 g/mol. The third kappa shape index (κ3) is 2.63. The Morgan fingerprint density at radius 2 is 2.50 bits per heavy atom. The van der Waals surface area contributed by atoms with Gasteiger partial charge in [0, 0.05) is 47.5 Å². The fourth-order valence-electron chi connectivity index (χ4n) is 1.39. The van der Waals surface area contributed by atoms with Crippen molar-refractivity contribution in [2.75, 3.05) is 18.6 Å². The normalized spacial score (nSPS) is 13.4. The number of imidazole rings is 1. The van der Waals surface area contributed by atoms with Crippen LogP contribution in [-0.2, 0) is 17.3 Å². The van der Waals surface area contributed by atoms with E-state index in [0.29, 0.717) is 17.5 Å². The summed E-state index contributed by atoms with van der Waals surface area (Å²) in [7, 11) is -0.754. The highest BCUT2D eigenvalue weighted by molar-refractivity contribution is 7.84. The van der Waals surface area contributed by atoms with E-state index in [4.69, 9.17) is 11.6 Å². The Hall–Kier alpha value is -0.430. The molecule has 0 spiro atoms. The average Bonchev–Trinajstić information content (AvgIpc) is 2.74. The predicted octanol–water partition coefficient (Wildman–Crippen LogP) is 1.52. The van der Waals surface area contributed by atoms with E-state index in [1.165, 1.54) is 0 Å². The molecule has 2 heterocycles. The summed E-state index contributed by atoms with van der Waals surface area (Å²) in [6.45, 7) is 1.37. The van der Waals surface area contributed by atoms with Gasteiger partial charge in [-0.1, -0.05) is 11.6 Å². The monoisotopic (exact) mass is 277 g/mol. The van der Waals surface area contributed by atoms with Crippen LogP contribution in [0.2, 0.25) is 5.15 Å². The molecule has 88 valence electrons. The zero-order chi connectivity index (χ0) is 11.5. The molecule has 1 atom stereocenters. The zero-order valence-electron chi connectivity index (χ0n) is 8.77. The fraction of sp³-hybridized carbons (Fsp3) is 0.444. The number of aromatic nitrogens is 2. The van der Waals surface area contributed by atoms with E-state index in [9.17, 15) is 4.21 Å². The van der Waals surface area contributed by atoms with Crippen molar-refractivity contribution >= 4 is 38.7 Å². The summed E-state index contributed by atoms with van der Waals surface area (Å²) in [6.07, 6.45) is 3.65. The van der Waals surface area contributed by atoms with Gasteiger partial charge in [0.15, 0.2) is 10.1 Å². The molecule has 0 bridgehead atoms. The van der Waals surface area contributed by atoms with Crippen molar-refractivity contribution in [2.24, 2.45) is 0 Å². The van der Waals surface area contributed by atoms with Crippen LogP contribution in [0.5, 0.6) is 0 Å². The SMILES string of the molecule is CS(=O)CCNCc1c(Cl)nc2sccn12. The van der Waals surface area contributed by atoms with Crippen molar-refractivity contribution in [3.8, 4) is 0 Å². The Balaban J connectivity index is 2.00. The smallest absolute Gasteiger partial charge is 0.195 e. The van der Waals surface area contributed by atoms with Crippen LogP contribution in [-0.4, -0.2) is 32.1 Å². The zero-order valence-corrected chi connectivity index (χ0v) is 11.2. The molecule has 7 heteroatoms. The summed E-state index contributed by atoms with van der Waals surface area (Å²) in [6, 6.07) is 0. The van der Waals surface area contributed by atoms with Gasteiger partial charge in [-0.05, 0) is 0 Å². The Morgan fingerprint density at radius 3 is 3.25 bits per heavy atom. The lowest BCUT2D eigenvalue weighted by Crippen LogP contribution is -2.20. The Morgan fingerprint density at radius 1 is 1.69 bits per heavy atom. The van der Waals surface area contributed by atoms with Gasteiger partial charge in [0.1, 0.15) is 0 Å². The average molecular weight is 278 g/mol. The molecule has 0 radical (unpaired) electrons.